The van der Waals surface area contributed by atoms with E-state index in [-0.39, 0.29) is 17.7 Å². The van der Waals surface area contributed by atoms with Gasteiger partial charge in [0.25, 0.3) is 0 Å². The first-order valence-corrected chi connectivity index (χ1v) is 14.1. The minimum Gasteiger partial charge on any atom is -0.507 e. The van der Waals surface area contributed by atoms with Crippen molar-refractivity contribution in [2.45, 2.75) is 51.2 Å². The second-order valence-electron chi connectivity index (χ2n) is 10.3. The van der Waals surface area contributed by atoms with Crippen molar-refractivity contribution in [3.8, 4) is 22.6 Å². The highest BCUT2D eigenvalue weighted by molar-refractivity contribution is 5.83. The number of carbonyl (C=O) groups excluding carboxylic acids is 1. The van der Waals surface area contributed by atoms with Crippen molar-refractivity contribution in [2.75, 3.05) is 19.7 Å². The summed E-state index contributed by atoms with van der Waals surface area (Å²) in [5, 5.41) is 14.7. The summed E-state index contributed by atoms with van der Waals surface area (Å²) in [6.07, 6.45) is 6.84. The normalized spacial score (nSPS) is 14.8. The smallest absolute Gasteiger partial charge is 0.241 e. The molecule has 1 amide bonds. The Kier molecular flexibility index (Phi) is 10.2. The maximum Gasteiger partial charge on any atom is 0.241 e. The van der Waals surface area contributed by atoms with E-state index < -0.39 is 6.04 Å². The molecule has 0 radical (unpaired) electrons. The lowest BCUT2D eigenvalue weighted by Crippen LogP contribution is -2.46. The Morgan fingerprint density at radius 2 is 1.73 bits per heavy atom. The topological polar surface area (TPSA) is 87.8 Å². The van der Waals surface area contributed by atoms with Gasteiger partial charge in [-0.3, -0.25) is 9.69 Å². The molecule has 0 aliphatic carbocycles. The van der Waals surface area contributed by atoms with Gasteiger partial charge in [0.1, 0.15) is 17.5 Å². The van der Waals surface area contributed by atoms with Crippen LogP contribution in [0.2, 0.25) is 0 Å². The first kappa shape index (κ1) is 29.1. The van der Waals surface area contributed by atoms with Crippen molar-refractivity contribution in [1.82, 2.24) is 10.2 Å². The Hall–Kier alpha value is -3.87. The van der Waals surface area contributed by atoms with E-state index in [2.05, 4.69) is 35.5 Å². The molecule has 40 heavy (non-hydrogen) atoms. The van der Waals surface area contributed by atoms with Crippen molar-refractivity contribution in [1.29, 1.82) is 0 Å². The molecular weight excluding hydrogens is 498 g/mol. The van der Waals surface area contributed by atoms with Crippen LogP contribution in [0.15, 0.2) is 86.0 Å². The van der Waals surface area contributed by atoms with Gasteiger partial charge in [-0.2, -0.15) is 0 Å². The second-order valence-corrected chi connectivity index (χ2v) is 10.3. The average Bonchev–Trinajstić information content (AvgIpc) is 2.97. The molecule has 0 spiro atoms. The van der Waals surface area contributed by atoms with Crippen LogP contribution < -0.4 is 15.8 Å². The number of amides is 1. The van der Waals surface area contributed by atoms with Gasteiger partial charge >= 0.3 is 0 Å². The van der Waals surface area contributed by atoms with Crippen molar-refractivity contribution in [2.24, 2.45) is 5.73 Å². The zero-order chi connectivity index (χ0) is 28.5. The third-order valence-electron chi connectivity index (χ3n) is 7.41. The van der Waals surface area contributed by atoms with Crippen LogP contribution in [0.1, 0.15) is 48.1 Å². The number of nitrogens with one attached hydrogen (secondary N) is 1. The van der Waals surface area contributed by atoms with E-state index in [9.17, 15) is 9.90 Å². The summed E-state index contributed by atoms with van der Waals surface area (Å²) in [6.45, 7) is 12.5. The van der Waals surface area contributed by atoms with E-state index in [1.807, 2.05) is 67.6 Å². The molecular formula is C34H41N3O3. The monoisotopic (exact) mass is 539 g/mol. The van der Waals surface area contributed by atoms with E-state index >= 15 is 0 Å². The fourth-order valence-electron chi connectivity index (χ4n) is 5.31. The summed E-state index contributed by atoms with van der Waals surface area (Å²) in [6, 6.07) is 19.1. The van der Waals surface area contributed by atoms with Crippen LogP contribution in [-0.2, 0) is 24.2 Å². The lowest BCUT2D eigenvalue weighted by atomic mass is 9.94. The quantitative estimate of drug-likeness (QED) is 0.257. The molecule has 6 nitrogen and oxygen atoms in total. The van der Waals surface area contributed by atoms with Crippen LogP contribution in [0.5, 0.6) is 11.5 Å². The Balaban J connectivity index is 1.49. The lowest BCUT2D eigenvalue weighted by Gasteiger charge is -2.33. The third kappa shape index (κ3) is 7.20. The minimum atomic E-state index is -0.672. The van der Waals surface area contributed by atoms with Gasteiger partial charge in [-0.05, 0) is 67.5 Å². The van der Waals surface area contributed by atoms with Crippen molar-refractivity contribution < 1.29 is 14.6 Å². The number of hydrogen-bond acceptors (Lipinski definition) is 5. The van der Waals surface area contributed by atoms with Crippen LogP contribution in [0.3, 0.4) is 0 Å². The van der Waals surface area contributed by atoms with Gasteiger partial charge < -0.3 is 20.9 Å². The zero-order valence-corrected chi connectivity index (χ0v) is 23.4. The predicted octanol–water partition coefficient (Wildman–Crippen LogP) is 5.70. The van der Waals surface area contributed by atoms with E-state index in [1.165, 1.54) is 0 Å². The molecule has 1 atom stereocenters. The summed E-state index contributed by atoms with van der Waals surface area (Å²) >= 11 is 0. The zero-order valence-electron chi connectivity index (χ0n) is 23.4. The van der Waals surface area contributed by atoms with Crippen LogP contribution in [0.25, 0.3) is 11.1 Å². The van der Waals surface area contributed by atoms with Crippen molar-refractivity contribution in [3.63, 3.8) is 0 Å². The van der Waals surface area contributed by atoms with E-state index in [1.54, 1.807) is 0 Å². The number of hydrogen-bond donors (Lipinski definition) is 3. The van der Waals surface area contributed by atoms with Gasteiger partial charge in [-0.25, -0.2) is 0 Å². The first-order chi connectivity index (χ1) is 19.4. The number of benzene rings is 3. The number of aromatic hydroxyl groups is 1. The van der Waals surface area contributed by atoms with E-state index in [0.29, 0.717) is 19.6 Å². The molecule has 1 fully saturated rings. The molecule has 6 heteroatoms. The van der Waals surface area contributed by atoms with Gasteiger partial charge in [0.15, 0.2) is 0 Å². The highest BCUT2D eigenvalue weighted by Crippen LogP contribution is 2.40. The van der Waals surface area contributed by atoms with Crippen LogP contribution >= 0.6 is 0 Å². The summed E-state index contributed by atoms with van der Waals surface area (Å²) in [5.41, 5.74) is 11.7. The van der Waals surface area contributed by atoms with Gasteiger partial charge in [0, 0.05) is 42.4 Å². The molecule has 1 aliphatic heterocycles. The fraction of sp³-hybridized carbons (Fsp3) is 0.324. The summed E-state index contributed by atoms with van der Waals surface area (Å²) in [7, 11) is 0. The van der Waals surface area contributed by atoms with Crippen LogP contribution in [0.4, 0.5) is 0 Å². The lowest BCUT2D eigenvalue weighted by molar-refractivity contribution is -0.123. The van der Waals surface area contributed by atoms with Gasteiger partial charge in [0.05, 0.1) is 6.61 Å². The fourth-order valence-corrected chi connectivity index (χ4v) is 5.31. The molecule has 0 aromatic heterocycles. The average molecular weight is 540 g/mol. The van der Waals surface area contributed by atoms with Gasteiger partial charge in [-0.15, -0.1) is 13.2 Å². The largest absolute Gasteiger partial charge is 0.507 e. The summed E-state index contributed by atoms with van der Waals surface area (Å²) in [5.74, 6) is 0.874. The second kappa shape index (κ2) is 14.0. The van der Waals surface area contributed by atoms with E-state index in [0.717, 1.165) is 71.5 Å². The maximum absolute atomic E-state index is 12.7. The number of rotatable bonds is 12. The molecule has 0 bridgehead atoms. The minimum absolute atomic E-state index is 0.0797. The Morgan fingerprint density at radius 1 is 1.05 bits per heavy atom. The molecule has 3 aromatic carbocycles. The first-order valence-electron chi connectivity index (χ1n) is 14.1. The Bertz CT molecular complexity index is 1310. The molecule has 3 aromatic rings. The van der Waals surface area contributed by atoms with Crippen molar-refractivity contribution >= 4 is 5.91 Å². The predicted molar refractivity (Wildman–Crippen MR) is 162 cm³/mol. The maximum atomic E-state index is 12.7. The SMILES string of the molecule is C=CCc1ccc(OCC)c(-c2cc(CC=C)cc(CN3CCC(NC(=O)[C@H](N)c4ccccc4)CC3)c2O)c1. The van der Waals surface area contributed by atoms with Crippen molar-refractivity contribution in [3.05, 3.63) is 108 Å². The van der Waals surface area contributed by atoms with E-state index in [4.69, 9.17) is 10.5 Å². The number of carbonyl (C=O) groups is 1. The highest BCUT2D eigenvalue weighted by Gasteiger charge is 2.25. The number of nitrogens with two attached hydrogens (primary N) is 1. The molecule has 1 aliphatic rings. The standard InChI is InChI=1S/C34H41N3O3/c1-4-10-24-14-15-31(40-6-3)29(21-24)30-22-25(11-5-2)20-27(33(30)38)23-37-18-16-28(17-19-37)36-34(39)32(35)26-12-8-7-9-13-26/h4-5,7-9,12-15,20-22,28,32,38H,1-2,6,10-11,16-19,23,35H2,3H3,(H,36,39)/t32-/m1/s1. The van der Waals surface area contributed by atoms with Gasteiger partial charge in [0.2, 0.25) is 5.91 Å². The number of phenols is 1. The summed E-state index contributed by atoms with van der Waals surface area (Å²) in [4.78, 5) is 15.1. The molecule has 4 N–H and O–H groups in total. The molecule has 1 saturated heterocycles. The molecule has 0 saturated carbocycles. The molecule has 1 heterocycles. The third-order valence-corrected chi connectivity index (χ3v) is 7.41. The number of piperidine rings is 1. The Morgan fingerprint density at radius 3 is 2.40 bits per heavy atom. The Labute approximate surface area is 238 Å². The number of ether oxygens (including phenoxy) is 1. The molecule has 210 valence electrons. The number of phenolic OH excluding ortho intramolecular Hbond substituents is 1. The number of nitrogens with zero attached hydrogens (tertiary/aromatic N) is 1. The highest BCUT2D eigenvalue weighted by atomic mass is 16.5. The van der Waals surface area contributed by atoms with Crippen LogP contribution in [-0.4, -0.2) is 41.7 Å². The number of allylic oxidation sites excluding steroid dienone is 2. The summed E-state index contributed by atoms with van der Waals surface area (Å²) < 4.78 is 5.95. The van der Waals surface area contributed by atoms with Gasteiger partial charge in [-0.1, -0.05) is 54.6 Å². The van der Waals surface area contributed by atoms with Crippen LogP contribution in [0, 0.1) is 0 Å². The number of likely N-dealkylation sites (tertiary alicyclic amines) is 1. The molecule has 0 unspecified atom stereocenters. The molecule has 4 rings (SSSR count).